The van der Waals surface area contributed by atoms with Crippen LogP contribution in [0.2, 0.25) is 5.02 Å². The fourth-order valence-corrected chi connectivity index (χ4v) is 3.24. The van der Waals surface area contributed by atoms with E-state index >= 15 is 0 Å². The summed E-state index contributed by atoms with van der Waals surface area (Å²) >= 11 is 7.68. The Balaban J connectivity index is 1.79. The van der Waals surface area contributed by atoms with Crippen molar-refractivity contribution in [3.8, 4) is 11.5 Å². The molecule has 4 heteroatoms. The van der Waals surface area contributed by atoms with Crippen LogP contribution >= 0.6 is 22.9 Å². The Morgan fingerprint density at radius 2 is 1.95 bits per heavy atom. The number of benzene rings is 2. The Kier molecular flexibility index (Phi) is 3.81. The van der Waals surface area contributed by atoms with E-state index in [2.05, 4.69) is 5.38 Å². The molecule has 0 spiro atoms. The number of fused-ring (bicyclic) bond motifs is 1. The Hall–Kier alpha value is -1.71. The van der Waals surface area contributed by atoms with Crippen molar-refractivity contribution in [2.24, 2.45) is 0 Å². The second-order valence-corrected chi connectivity index (χ2v) is 5.72. The van der Waals surface area contributed by atoms with Crippen molar-refractivity contribution in [1.82, 2.24) is 0 Å². The van der Waals surface area contributed by atoms with E-state index in [0.29, 0.717) is 6.61 Å². The molecule has 0 N–H and O–H groups in total. The van der Waals surface area contributed by atoms with Crippen molar-refractivity contribution < 1.29 is 9.47 Å². The zero-order chi connectivity index (χ0) is 13.9. The molecule has 0 radical (unpaired) electrons. The SMILES string of the molecule is COc1cccc(OCc2csc3cc(Cl)ccc23)c1. The van der Waals surface area contributed by atoms with Crippen molar-refractivity contribution >= 4 is 33.0 Å². The van der Waals surface area contributed by atoms with E-state index in [9.17, 15) is 0 Å². The van der Waals surface area contributed by atoms with Gasteiger partial charge in [0.05, 0.1) is 7.11 Å². The van der Waals surface area contributed by atoms with E-state index in [1.807, 2.05) is 42.5 Å². The Labute approximate surface area is 126 Å². The molecule has 1 aromatic heterocycles. The van der Waals surface area contributed by atoms with Crippen LogP contribution in [0.25, 0.3) is 10.1 Å². The van der Waals surface area contributed by atoms with Crippen LogP contribution in [0.3, 0.4) is 0 Å². The molecule has 20 heavy (non-hydrogen) atoms. The third kappa shape index (κ3) is 2.74. The lowest BCUT2D eigenvalue weighted by molar-refractivity contribution is 0.305. The number of rotatable bonds is 4. The Morgan fingerprint density at radius 1 is 1.10 bits per heavy atom. The first kappa shape index (κ1) is 13.3. The molecule has 3 rings (SSSR count). The van der Waals surface area contributed by atoms with Crippen molar-refractivity contribution in [3.05, 3.63) is 58.4 Å². The smallest absolute Gasteiger partial charge is 0.123 e. The molecule has 0 aliphatic carbocycles. The van der Waals surface area contributed by atoms with Gasteiger partial charge in [-0.1, -0.05) is 23.7 Å². The van der Waals surface area contributed by atoms with Crippen molar-refractivity contribution in [2.45, 2.75) is 6.61 Å². The number of ether oxygens (including phenoxy) is 2. The summed E-state index contributed by atoms with van der Waals surface area (Å²) in [6, 6.07) is 13.6. The summed E-state index contributed by atoms with van der Waals surface area (Å²) in [6.07, 6.45) is 0. The second kappa shape index (κ2) is 5.73. The third-order valence-electron chi connectivity index (χ3n) is 3.05. The third-order valence-corrected chi connectivity index (χ3v) is 4.28. The lowest BCUT2D eigenvalue weighted by Gasteiger charge is -2.07. The van der Waals surface area contributed by atoms with Gasteiger partial charge in [0.25, 0.3) is 0 Å². The maximum absolute atomic E-state index is 6.00. The molecule has 0 aliphatic heterocycles. The van der Waals surface area contributed by atoms with Gasteiger partial charge in [0.1, 0.15) is 18.1 Å². The van der Waals surface area contributed by atoms with E-state index in [1.165, 1.54) is 15.6 Å². The normalized spacial score (nSPS) is 10.7. The van der Waals surface area contributed by atoms with Crippen molar-refractivity contribution in [1.29, 1.82) is 0 Å². The van der Waals surface area contributed by atoms with Gasteiger partial charge in [-0.15, -0.1) is 11.3 Å². The van der Waals surface area contributed by atoms with E-state index < -0.39 is 0 Å². The Morgan fingerprint density at radius 3 is 2.80 bits per heavy atom. The maximum atomic E-state index is 6.00. The fourth-order valence-electron chi connectivity index (χ4n) is 2.02. The standard InChI is InChI=1S/C16H13ClO2S/c1-18-13-3-2-4-14(8-13)19-9-11-10-20-16-7-12(17)5-6-15(11)16/h2-8,10H,9H2,1H3. The molecule has 0 atom stereocenters. The molecule has 0 saturated heterocycles. The van der Waals surface area contributed by atoms with Crippen LogP contribution in [-0.4, -0.2) is 7.11 Å². The van der Waals surface area contributed by atoms with E-state index in [0.717, 1.165) is 16.5 Å². The average Bonchev–Trinajstić information content (AvgIpc) is 2.87. The van der Waals surface area contributed by atoms with Crippen LogP contribution in [0.15, 0.2) is 47.8 Å². The summed E-state index contributed by atoms with van der Waals surface area (Å²) in [5, 5.41) is 4.07. The van der Waals surface area contributed by atoms with E-state index in [-0.39, 0.29) is 0 Å². The van der Waals surface area contributed by atoms with Gasteiger partial charge in [0.15, 0.2) is 0 Å². The van der Waals surface area contributed by atoms with Crippen molar-refractivity contribution in [2.75, 3.05) is 7.11 Å². The van der Waals surface area contributed by atoms with E-state index in [1.54, 1.807) is 18.4 Å². The van der Waals surface area contributed by atoms with Crippen LogP contribution in [0, 0.1) is 0 Å². The minimum absolute atomic E-state index is 0.537. The van der Waals surface area contributed by atoms with Crippen LogP contribution < -0.4 is 9.47 Å². The highest BCUT2D eigenvalue weighted by molar-refractivity contribution is 7.17. The molecule has 0 unspecified atom stereocenters. The first-order chi connectivity index (χ1) is 9.76. The zero-order valence-corrected chi connectivity index (χ0v) is 12.5. The second-order valence-electron chi connectivity index (χ2n) is 4.37. The summed E-state index contributed by atoms with van der Waals surface area (Å²) in [6.45, 7) is 0.537. The van der Waals surface area contributed by atoms with Crippen molar-refractivity contribution in [3.63, 3.8) is 0 Å². The monoisotopic (exact) mass is 304 g/mol. The molecule has 0 saturated carbocycles. The summed E-state index contributed by atoms with van der Waals surface area (Å²) < 4.78 is 12.2. The summed E-state index contributed by atoms with van der Waals surface area (Å²) in [7, 11) is 1.65. The minimum Gasteiger partial charge on any atom is -0.497 e. The topological polar surface area (TPSA) is 18.5 Å². The van der Waals surface area contributed by atoms with Gasteiger partial charge in [-0.25, -0.2) is 0 Å². The maximum Gasteiger partial charge on any atom is 0.123 e. The lowest BCUT2D eigenvalue weighted by atomic mass is 10.2. The van der Waals surface area contributed by atoms with Gasteiger partial charge in [0, 0.05) is 21.4 Å². The van der Waals surface area contributed by atoms with Crippen LogP contribution in [-0.2, 0) is 6.61 Å². The predicted octanol–water partition coefficient (Wildman–Crippen LogP) is 5.14. The minimum atomic E-state index is 0.537. The van der Waals surface area contributed by atoms with Gasteiger partial charge in [-0.3, -0.25) is 0 Å². The lowest BCUT2D eigenvalue weighted by Crippen LogP contribution is -1.94. The van der Waals surface area contributed by atoms with E-state index in [4.69, 9.17) is 21.1 Å². The Bertz CT molecular complexity index is 736. The summed E-state index contributed by atoms with van der Waals surface area (Å²) in [5.74, 6) is 1.60. The van der Waals surface area contributed by atoms with Gasteiger partial charge >= 0.3 is 0 Å². The first-order valence-electron chi connectivity index (χ1n) is 6.19. The fraction of sp³-hybridized carbons (Fsp3) is 0.125. The van der Waals surface area contributed by atoms with Gasteiger partial charge < -0.3 is 9.47 Å². The molecule has 0 amide bonds. The van der Waals surface area contributed by atoms with Gasteiger partial charge in [-0.2, -0.15) is 0 Å². The molecular formula is C16H13ClO2S. The average molecular weight is 305 g/mol. The number of methoxy groups -OCH3 is 1. The quantitative estimate of drug-likeness (QED) is 0.664. The predicted molar refractivity (Wildman–Crippen MR) is 84.2 cm³/mol. The number of hydrogen-bond acceptors (Lipinski definition) is 3. The largest absolute Gasteiger partial charge is 0.497 e. The molecule has 0 bridgehead atoms. The molecular weight excluding hydrogens is 292 g/mol. The van der Waals surface area contributed by atoms with Crippen LogP contribution in [0.4, 0.5) is 0 Å². The highest BCUT2D eigenvalue weighted by atomic mass is 35.5. The summed E-state index contributed by atoms with van der Waals surface area (Å²) in [5.41, 5.74) is 1.17. The molecule has 102 valence electrons. The summed E-state index contributed by atoms with van der Waals surface area (Å²) in [4.78, 5) is 0. The van der Waals surface area contributed by atoms with Gasteiger partial charge in [0.2, 0.25) is 0 Å². The molecule has 2 aromatic carbocycles. The number of thiophene rings is 1. The first-order valence-corrected chi connectivity index (χ1v) is 7.44. The van der Waals surface area contributed by atoms with Crippen LogP contribution in [0.1, 0.15) is 5.56 Å². The zero-order valence-electron chi connectivity index (χ0n) is 10.9. The molecule has 0 aliphatic rings. The number of halogens is 1. The van der Waals surface area contributed by atoms with Gasteiger partial charge in [-0.05, 0) is 35.0 Å². The molecule has 3 aromatic rings. The highest BCUT2D eigenvalue weighted by Gasteiger charge is 2.06. The molecule has 1 heterocycles. The van der Waals surface area contributed by atoms with Crippen LogP contribution in [0.5, 0.6) is 11.5 Å². The number of hydrogen-bond donors (Lipinski definition) is 0. The molecule has 2 nitrogen and oxygen atoms in total. The highest BCUT2D eigenvalue weighted by Crippen LogP contribution is 2.29. The molecule has 0 fully saturated rings.